The van der Waals surface area contributed by atoms with Gasteiger partial charge in [0, 0.05) is 0 Å². The SMILES string of the molecule is C=C(C)[C@@H]1CC[C@]2(C(=O)O[C@@H]3O[C@H](CO)[C@@H](O)[C@H](O)[C@H]3O)CC[C@]3(C)C(CCC4[C@@]5(C)CC[C@H](O[C@@H]6O[C@H](CO)[C@@H](O[C@@H]7O[C@@H](C)[C@H](O)[C@@H](O)[C@H]7O)[C@H](O)[C@H]6O)C(C)(C(=O)O)C5CC[C@]43C)C12. The second-order valence-electron chi connectivity index (χ2n) is 22.7. The number of hydrogen-bond acceptors (Lipinski definition) is 18. The van der Waals surface area contributed by atoms with Crippen molar-refractivity contribution in [1.82, 2.24) is 0 Å². The molecule has 0 spiro atoms. The fraction of sp³-hybridized carbons (Fsp3) is 0.917. The zero-order valence-electron chi connectivity index (χ0n) is 39.5. The Bertz CT molecular complexity index is 1850. The normalized spacial score (nSPS) is 55.3. The molecule has 382 valence electrons. The molecule has 19 heteroatoms. The lowest BCUT2D eigenvalue weighted by Gasteiger charge is -2.72. The highest BCUT2D eigenvalue weighted by Crippen LogP contribution is 2.78. The topological polar surface area (TPSA) is 312 Å². The van der Waals surface area contributed by atoms with Crippen molar-refractivity contribution >= 4 is 11.9 Å². The van der Waals surface area contributed by atoms with Gasteiger partial charge in [0.1, 0.15) is 67.1 Å². The van der Waals surface area contributed by atoms with E-state index in [1.807, 2.05) is 6.92 Å². The molecule has 19 nitrogen and oxygen atoms in total. The monoisotopic (exact) mass is 956 g/mol. The van der Waals surface area contributed by atoms with Crippen molar-refractivity contribution in [2.75, 3.05) is 13.2 Å². The smallest absolute Gasteiger partial charge is 0.314 e. The number of esters is 1. The number of carboxylic acid groups (broad SMARTS) is 1. The molecule has 5 unspecified atom stereocenters. The second kappa shape index (κ2) is 18.3. The highest BCUT2D eigenvalue weighted by molar-refractivity contribution is 5.78. The van der Waals surface area contributed by atoms with Crippen LogP contribution in [-0.4, -0.2) is 180 Å². The molecule has 8 fully saturated rings. The Morgan fingerprint density at radius 1 is 0.627 bits per heavy atom. The standard InChI is InChI=1S/C48H76O19/c1-20(2)22-10-15-48(43(61)67-41-36(57)33(54)31(52)24(18-49)63-41)17-16-45(5)23(29(22)48)8-9-26-44(4)13-12-28(47(7,42(59)60)27(44)11-14-46(26,45)6)65-40-37(58)34(55)38(25(19-50)64-40)66-39-35(56)32(53)30(51)21(3)62-39/h21-41,49-58H,1,8-19H2,2-7H3,(H,59,60)/t21-,22-,23?,24+,25+,26?,27?,28-,29?,30-,31+,32+,33-,34+,35+,36+,37+,38+,39-,40-,41-,44+,45+,46+,47?,48-/m0/s1. The molecular weight excluding hydrogens is 881 g/mol. The van der Waals surface area contributed by atoms with E-state index in [-0.39, 0.29) is 46.8 Å². The summed E-state index contributed by atoms with van der Waals surface area (Å²) in [6, 6.07) is 0. The third-order valence-electron chi connectivity index (χ3n) is 19.8. The van der Waals surface area contributed by atoms with Crippen LogP contribution in [-0.2, 0) is 38.0 Å². The van der Waals surface area contributed by atoms with E-state index < -0.39 is 140 Å². The molecular formula is C48H76O19. The van der Waals surface area contributed by atoms with Crippen molar-refractivity contribution in [2.45, 2.75) is 204 Å². The summed E-state index contributed by atoms with van der Waals surface area (Å²) in [7, 11) is 0. The van der Waals surface area contributed by atoms with Gasteiger partial charge in [-0.3, -0.25) is 9.59 Å². The Kier molecular flexibility index (Phi) is 14.0. The third-order valence-corrected chi connectivity index (χ3v) is 19.8. The predicted molar refractivity (Wildman–Crippen MR) is 231 cm³/mol. The van der Waals surface area contributed by atoms with E-state index in [9.17, 15) is 65.8 Å². The molecule has 3 aliphatic heterocycles. The summed E-state index contributed by atoms with van der Waals surface area (Å²) in [5.41, 5.74) is -2.53. The first-order chi connectivity index (χ1) is 31.4. The number of aliphatic hydroxyl groups excluding tert-OH is 10. The molecule has 0 bridgehead atoms. The van der Waals surface area contributed by atoms with E-state index in [0.29, 0.717) is 44.9 Å². The van der Waals surface area contributed by atoms with Crippen LogP contribution in [0.2, 0.25) is 0 Å². The number of aliphatic carboxylic acids is 1. The number of hydrogen-bond donors (Lipinski definition) is 11. The summed E-state index contributed by atoms with van der Waals surface area (Å²) in [6.45, 7) is 15.0. The first kappa shape index (κ1) is 51.4. The van der Waals surface area contributed by atoms with Crippen LogP contribution in [0.5, 0.6) is 0 Å². The highest BCUT2D eigenvalue weighted by Gasteiger charge is 2.74. The maximum absolute atomic E-state index is 14.7. The van der Waals surface area contributed by atoms with Gasteiger partial charge in [0.15, 0.2) is 12.6 Å². The first-order valence-corrected chi connectivity index (χ1v) is 24.4. The van der Waals surface area contributed by atoms with Gasteiger partial charge in [-0.15, -0.1) is 0 Å². The summed E-state index contributed by atoms with van der Waals surface area (Å²) in [5.74, 6) is -2.02. The quantitative estimate of drug-likeness (QED) is 0.0785. The average Bonchev–Trinajstić information content (AvgIpc) is 3.70. The Morgan fingerprint density at radius 2 is 1.24 bits per heavy atom. The van der Waals surface area contributed by atoms with Gasteiger partial charge in [-0.1, -0.05) is 32.9 Å². The Labute approximate surface area is 391 Å². The van der Waals surface area contributed by atoms with Gasteiger partial charge < -0.3 is 84.6 Å². The van der Waals surface area contributed by atoms with Crippen LogP contribution in [0.1, 0.15) is 106 Å². The van der Waals surface area contributed by atoms with E-state index in [0.717, 1.165) is 18.4 Å². The summed E-state index contributed by atoms with van der Waals surface area (Å²) >= 11 is 0. The summed E-state index contributed by atoms with van der Waals surface area (Å²) in [5, 5.41) is 117. The van der Waals surface area contributed by atoms with Crippen molar-refractivity contribution in [3.05, 3.63) is 12.2 Å². The number of aliphatic hydroxyl groups is 10. The van der Waals surface area contributed by atoms with E-state index >= 15 is 0 Å². The fourth-order valence-electron chi connectivity index (χ4n) is 15.8. The van der Waals surface area contributed by atoms with Crippen molar-refractivity contribution in [3.8, 4) is 0 Å². The maximum atomic E-state index is 14.7. The van der Waals surface area contributed by atoms with Crippen LogP contribution < -0.4 is 0 Å². The van der Waals surface area contributed by atoms with Crippen molar-refractivity contribution in [1.29, 1.82) is 0 Å². The molecule has 26 atom stereocenters. The van der Waals surface area contributed by atoms with E-state index in [2.05, 4.69) is 27.4 Å². The molecule has 0 aromatic carbocycles. The van der Waals surface area contributed by atoms with Gasteiger partial charge in [0.25, 0.3) is 0 Å². The van der Waals surface area contributed by atoms with Crippen LogP contribution in [0.4, 0.5) is 0 Å². The minimum absolute atomic E-state index is 0.00268. The van der Waals surface area contributed by atoms with Gasteiger partial charge in [-0.05, 0) is 131 Å². The van der Waals surface area contributed by atoms with Crippen molar-refractivity contribution in [2.24, 2.45) is 56.7 Å². The molecule has 3 saturated heterocycles. The van der Waals surface area contributed by atoms with Crippen LogP contribution in [0, 0.1) is 56.7 Å². The summed E-state index contributed by atoms with van der Waals surface area (Å²) in [6.07, 6.45) is -18.0. The highest BCUT2D eigenvalue weighted by atomic mass is 16.7. The summed E-state index contributed by atoms with van der Waals surface area (Å²) in [4.78, 5) is 28.4. The lowest BCUT2D eigenvalue weighted by atomic mass is 9.32. The van der Waals surface area contributed by atoms with Crippen LogP contribution in [0.3, 0.4) is 0 Å². The Hall–Kier alpha value is -1.92. The minimum atomic E-state index is -1.79. The number of ether oxygens (including phenoxy) is 6. The van der Waals surface area contributed by atoms with Gasteiger partial charge in [-0.25, -0.2) is 0 Å². The minimum Gasteiger partial charge on any atom is -0.481 e. The van der Waals surface area contributed by atoms with E-state index in [4.69, 9.17) is 28.4 Å². The van der Waals surface area contributed by atoms with Gasteiger partial charge in [0.2, 0.25) is 6.29 Å². The van der Waals surface area contributed by atoms with Gasteiger partial charge in [0.05, 0.1) is 36.3 Å². The molecule has 0 radical (unpaired) electrons. The molecule has 0 amide bonds. The van der Waals surface area contributed by atoms with E-state index in [1.54, 1.807) is 6.92 Å². The maximum Gasteiger partial charge on any atom is 0.314 e. The molecule has 8 aliphatic rings. The number of carbonyl (C=O) groups excluding carboxylic acids is 1. The van der Waals surface area contributed by atoms with Gasteiger partial charge in [-0.2, -0.15) is 0 Å². The number of carbonyl (C=O) groups is 2. The lowest BCUT2D eigenvalue weighted by molar-refractivity contribution is -0.366. The van der Waals surface area contributed by atoms with E-state index in [1.165, 1.54) is 6.92 Å². The lowest BCUT2D eigenvalue weighted by Crippen LogP contribution is -2.69. The Balaban J connectivity index is 1.02. The largest absolute Gasteiger partial charge is 0.481 e. The molecule has 5 aliphatic carbocycles. The average molecular weight is 957 g/mol. The number of rotatable bonds is 10. The Morgan fingerprint density at radius 3 is 1.88 bits per heavy atom. The van der Waals surface area contributed by atoms with Crippen LogP contribution in [0.25, 0.3) is 0 Å². The fourth-order valence-corrected chi connectivity index (χ4v) is 15.8. The number of carboxylic acids is 1. The molecule has 11 N–H and O–H groups in total. The third kappa shape index (κ3) is 7.70. The zero-order chi connectivity index (χ0) is 49.1. The molecule has 8 rings (SSSR count). The number of fused-ring (bicyclic) bond motifs is 7. The number of allylic oxidation sites excluding steroid dienone is 1. The molecule has 5 saturated carbocycles. The van der Waals surface area contributed by atoms with Crippen molar-refractivity contribution in [3.63, 3.8) is 0 Å². The summed E-state index contributed by atoms with van der Waals surface area (Å²) < 4.78 is 35.4. The molecule has 0 aromatic heterocycles. The van der Waals surface area contributed by atoms with Crippen LogP contribution in [0.15, 0.2) is 12.2 Å². The van der Waals surface area contributed by atoms with Crippen molar-refractivity contribution < 1.29 is 94.2 Å². The zero-order valence-corrected chi connectivity index (χ0v) is 39.5. The van der Waals surface area contributed by atoms with Gasteiger partial charge >= 0.3 is 11.9 Å². The molecule has 67 heavy (non-hydrogen) atoms. The molecule has 3 heterocycles. The van der Waals surface area contributed by atoms with Crippen LogP contribution >= 0.6 is 0 Å². The second-order valence-corrected chi connectivity index (χ2v) is 22.7. The predicted octanol–water partition coefficient (Wildman–Crippen LogP) is 0.0887. The first-order valence-electron chi connectivity index (χ1n) is 24.4. The molecule has 0 aromatic rings.